The average Bonchev–Trinajstić information content (AvgIpc) is 2.99. The Hall–Kier alpha value is -4.55. The molecular weight excluding hydrogens is 428 g/mol. The molecule has 0 bridgehead atoms. The first kappa shape index (κ1) is 23.7. The third-order valence-electron chi connectivity index (χ3n) is 4.54. The number of nitrogens with zero attached hydrogens (tertiary/aromatic N) is 4. The van der Waals surface area contributed by atoms with Crippen LogP contribution in [0.5, 0.6) is 5.75 Å². The van der Waals surface area contributed by atoms with Crippen molar-refractivity contribution in [1.29, 1.82) is 0 Å². The number of fused-ring (bicyclic) bond motifs is 1. The molecule has 13 heteroatoms. The van der Waals surface area contributed by atoms with Crippen LogP contribution in [0.1, 0.15) is 18.2 Å². The first-order valence-electron chi connectivity index (χ1n) is 9.05. The van der Waals surface area contributed by atoms with Crippen molar-refractivity contribution >= 4 is 34.1 Å². The molecule has 13 nitrogen and oxygen atoms in total. The second kappa shape index (κ2) is 9.51. The number of ether oxygens (including phenoxy) is 1. The lowest BCUT2D eigenvalue weighted by molar-refractivity contribution is -0.404. The van der Waals surface area contributed by atoms with Crippen LogP contribution < -0.4 is 0 Å². The maximum Gasteiger partial charge on any atom is 0.418 e. The minimum atomic E-state index is -1.21. The monoisotopic (exact) mass is 446 g/mol. The lowest BCUT2D eigenvalue weighted by Gasteiger charge is -2.06. The number of carbonyl (C=O) groups is 1. The smallest absolute Gasteiger partial charge is 0.418 e. The van der Waals surface area contributed by atoms with E-state index in [0.29, 0.717) is 18.7 Å². The summed E-state index contributed by atoms with van der Waals surface area (Å²) in [5, 5.41) is 41.3. The Kier molecular flexibility index (Phi) is 7.05. The summed E-state index contributed by atoms with van der Waals surface area (Å²) >= 11 is 0. The fourth-order valence-corrected chi connectivity index (χ4v) is 2.93. The highest BCUT2D eigenvalue weighted by Crippen LogP contribution is 2.39. The summed E-state index contributed by atoms with van der Waals surface area (Å²) in [4.78, 5) is 39.6. The molecule has 1 heterocycles. The SMILES string of the molecule is CCOC(=O)n1c(C)c(C)c2ccccc21.O=[N+]([O-])c1cc([N+](=O)[O-])c(O)c([N+](=O)[O-])c1. The number of hydrogen-bond acceptors (Lipinski definition) is 9. The molecule has 3 aromatic rings. The maximum atomic E-state index is 11.8. The van der Waals surface area contributed by atoms with Crippen LogP contribution in [0.25, 0.3) is 10.9 Å². The Morgan fingerprint density at radius 2 is 1.53 bits per heavy atom. The number of non-ortho nitro benzene ring substituents is 1. The zero-order valence-electron chi connectivity index (χ0n) is 17.2. The Labute approximate surface area is 179 Å². The van der Waals surface area contributed by atoms with Crippen molar-refractivity contribution in [2.75, 3.05) is 6.61 Å². The molecule has 0 aliphatic carbocycles. The fourth-order valence-electron chi connectivity index (χ4n) is 2.93. The molecule has 0 saturated heterocycles. The van der Waals surface area contributed by atoms with Gasteiger partial charge in [-0.15, -0.1) is 0 Å². The molecule has 2 aromatic carbocycles. The van der Waals surface area contributed by atoms with Crippen LogP contribution in [0.2, 0.25) is 0 Å². The summed E-state index contributed by atoms with van der Waals surface area (Å²) in [5.74, 6) is -1.21. The van der Waals surface area contributed by atoms with E-state index in [0.717, 1.165) is 22.2 Å². The summed E-state index contributed by atoms with van der Waals surface area (Å²) in [6, 6.07) is 8.76. The van der Waals surface area contributed by atoms with Gasteiger partial charge in [0.1, 0.15) is 0 Å². The van der Waals surface area contributed by atoms with E-state index >= 15 is 0 Å². The zero-order chi connectivity index (χ0) is 24.2. The summed E-state index contributed by atoms with van der Waals surface area (Å²) in [5.41, 5.74) is -0.0164. The molecule has 0 aliphatic rings. The molecule has 168 valence electrons. The van der Waals surface area contributed by atoms with Gasteiger partial charge >= 0.3 is 17.5 Å². The molecule has 0 unspecified atom stereocenters. The van der Waals surface area contributed by atoms with E-state index in [-0.39, 0.29) is 6.09 Å². The quantitative estimate of drug-likeness (QED) is 0.449. The first-order valence-corrected chi connectivity index (χ1v) is 9.05. The van der Waals surface area contributed by atoms with Crippen LogP contribution in [0.15, 0.2) is 36.4 Å². The zero-order valence-corrected chi connectivity index (χ0v) is 17.2. The van der Waals surface area contributed by atoms with Crippen LogP contribution in [0, 0.1) is 44.2 Å². The van der Waals surface area contributed by atoms with Gasteiger partial charge in [-0.25, -0.2) is 9.36 Å². The second-order valence-corrected chi connectivity index (χ2v) is 6.37. The molecule has 0 fully saturated rings. The van der Waals surface area contributed by atoms with Crippen LogP contribution in [-0.2, 0) is 4.74 Å². The number of hydrogen-bond donors (Lipinski definition) is 1. The van der Waals surface area contributed by atoms with Gasteiger partial charge in [-0.1, -0.05) is 18.2 Å². The van der Waals surface area contributed by atoms with Gasteiger partial charge in [-0.3, -0.25) is 30.3 Å². The predicted molar refractivity (Wildman–Crippen MR) is 112 cm³/mol. The lowest BCUT2D eigenvalue weighted by atomic mass is 10.2. The fraction of sp³-hybridized carbons (Fsp3) is 0.211. The van der Waals surface area contributed by atoms with Crippen LogP contribution >= 0.6 is 0 Å². The van der Waals surface area contributed by atoms with Gasteiger partial charge in [-0.05, 0) is 32.4 Å². The van der Waals surface area contributed by atoms with E-state index in [4.69, 9.17) is 9.84 Å². The van der Waals surface area contributed by atoms with Gasteiger partial charge in [0.15, 0.2) is 0 Å². The minimum Gasteiger partial charge on any atom is -0.497 e. The Balaban J connectivity index is 0.000000227. The topological polar surface area (TPSA) is 181 Å². The third kappa shape index (κ3) is 4.61. The standard InChI is InChI=1S/C13H15NO2.C6H3N3O7/c1-4-16-13(15)14-10(3)9(2)11-7-5-6-8-12(11)14;10-6-4(8(13)14)1-3(7(11)12)2-5(6)9(15)16/h5-8H,4H2,1-3H3;1-2,10H. The molecule has 0 radical (unpaired) electrons. The molecule has 1 N–H and O–H groups in total. The molecule has 0 amide bonds. The van der Waals surface area contributed by atoms with E-state index in [2.05, 4.69) is 0 Å². The highest BCUT2D eigenvalue weighted by atomic mass is 16.6. The number of aromatic nitrogens is 1. The number of nitro groups is 3. The van der Waals surface area contributed by atoms with Crippen molar-refractivity contribution in [3.8, 4) is 5.75 Å². The van der Waals surface area contributed by atoms with Crippen LogP contribution in [0.3, 0.4) is 0 Å². The molecule has 0 saturated carbocycles. The van der Waals surface area contributed by atoms with Gasteiger partial charge in [0.05, 0.1) is 39.0 Å². The van der Waals surface area contributed by atoms with Gasteiger partial charge in [0, 0.05) is 11.1 Å². The number of nitro benzene ring substituents is 3. The second-order valence-electron chi connectivity index (χ2n) is 6.37. The first-order chi connectivity index (χ1) is 15.0. The van der Waals surface area contributed by atoms with Crippen molar-refractivity contribution in [3.63, 3.8) is 0 Å². The molecule has 0 spiro atoms. The molecule has 1 aromatic heterocycles. The third-order valence-corrected chi connectivity index (χ3v) is 4.54. The Morgan fingerprint density at radius 3 is 2.00 bits per heavy atom. The number of benzene rings is 2. The Bertz CT molecular complexity index is 1200. The van der Waals surface area contributed by atoms with Crippen LogP contribution in [-0.4, -0.2) is 37.1 Å². The number of rotatable bonds is 4. The summed E-state index contributed by atoms with van der Waals surface area (Å²) in [6.45, 7) is 6.16. The molecule has 0 atom stereocenters. The van der Waals surface area contributed by atoms with Crippen molar-refractivity contribution in [2.45, 2.75) is 20.8 Å². The Morgan fingerprint density at radius 1 is 1.00 bits per heavy atom. The number of aromatic hydroxyl groups is 1. The summed E-state index contributed by atoms with van der Waals surface area (Å²) < 4.78 is 6.69. The normalized spacial score (nSPS) is 10.2. The maximum absolute atomic E-state index is 11.8. The molecule has 32 heavy (non-hydrogen) atoms. The van der Waals surface area contributed by atoms with Crippen molar-refractivity contribution in [3.05, 3.63) is 78.0 Å². The summed E-state index contributed by atoms with van der Waals surface area (Å²) in [7, 11) is 0. The number of para-hydroxylation sites is 1. The number of aryl methyl sites for hydroxylation is 1. The average molecular weight is 446 g/mol. The van der Waals surface area contributed by atoms with E-state index in [1.807, 2.05) is 45.0 Å². The number of phenolic OH excluding ortho intramolecular Hbond substituents is 1. The summed E-state index contributed by atoms with van der Waals surface area (Å²) in [6.07, 6.45) is -0.302. The van der Waals surface area contributed by atoms with Gasteiger partial charge in [0.25, 0.3) is 11.4 Å². The van der Waals surface area contributed by atoms with Gasteiger partial charge < -0.3 is 9.84 Å². The predicted octanol–water partition coefficient (Wildman–Crippen LogP) is 4.38. The van der Waals surface area contributed by atoms with E-state index < -0.39 is 37.6 Å². The molecule has 0 aliphatic heterocycles. The largest absolute Gasteiger partial charge is 0.497 e. The highest BCUT2D eigenvalue weighted by molar-refractivity contribution is 5.93. The van der Waals surface area contributed by atoms with Gasteiger partial charge in [0.2, 0.25) is 0 Å². The van der Waals surface area contributed by atoms with E-state index in [1.54, 1.807) is 4.57 Å². The lowest BCUT2D eigenvalue weighted by Crippen LogP contribution is -2.14. The van der Waals surface area contributed by atoms with E-state index in [1.165, 1.54) is 0 Å². The van der Waals surface area contributed by atoms with E-state index in [9.17, 15) is 35.1 Å². The molecular formula is C19H18N4O9. The minimum absolute atomic E-state index is 0.302. The molecule has 3 rings (SSSR count). The van der Waals surface area contributed by atoms with Crippen LogP contribution in [0.4, 0.5) is 21.9 Å². The van der Waals surface area contributed by atoms with Crippen molar-refractivity contribution in [1.82, 2.24) is 4.57 Å². The van der Waals surface area contributed by atoms with Crippen molar-refractivity contribution < 1.29 is 29.4 Å². The highest BCUT2D eigenvalue weighted by Gasteiger charge is 2.30. The number of phenols is 1. The van der Waals surface area contributed by atoms with Crippen molar-refractivity contribution in [2.24, 2.45) is 0 Å². The number of carbonyl (C=O) groups excluding carboxylic acids is 1. The van der Waals surface area contributed by atoms with Gasteiger partial charge in [-0.2, -0.15) is 0 Å².